The van der Waals surface area contributed by atoms with E-state index >= 15 is 0 Å². The summed E-state index contributed by atoms with van der Waals surface area (Å²) < 4.78 is 6.24. The SMILES string of the molecule is CCCCCNC(=O)C1N(CCO)C(=O)[C@@H]2[C@@H](C(=O)NCCC)[C@H]3CCC12O3. The first-order chi connectivity index (χ1) is 13.5. The monoisotopic (exact) mass is 395 g/mol. The second-order valence-corrected chi connectivity index (χ2v) is 8.10. The zero-order chi connectivity index (χ0) is 20.3. The molecule has 8 heteroatoms. The number of hydrogen-bond acceptors (Lipinski definition) is 5. The summed E-state index contributed by atoms with van der Waals surface area (Å²) in [4.78, 5) is 40.4. The molecule has 3 aliphatic heterocycles. The molecule has 0 saturated carbocycles. The summed E-state index contributed by atoms with van der Waals surface area (Å²) in [5, 5.41) is 15.3. The summed E-state index contributed by atoms with van der Waals surface area (Å²) in [5.41, 5.74) is -0.958. The van der Waals surface area contributed by atoms with Crippen LogP contribution < -0.4 is 10.6 Å². The van der Waals surface area contributed by atoms with Crippen molar-refractivity contribution in [2.45, 2.75) is 70.1 Å². The highest BCUT2D eigenvalue weighted by atomic mass is 16.5. The van der Waals surface area contributed by atoms with Crippen LogP contribution in [0.5, 0.6) is 0 Å². The highest BCUT2D eigenvalue weighted by molar-refractivity contribution is 5.98. The second kappa shape index (κ2) is 8.78. The largest absolute Gasteiger partial charge is 0.395 e. The highest BCUT2D eigenvalue weighted by Gasteiger charge is 2.74. The van der Waals surface area contributed by atoms with Gasteiger partial charge in [0.05, 0.1) is 24.5 Å². The van der Waals surface area contributed by atoms with Gasteiger partial charge in [-0.15, -0.1) is 0 Å². The van der Waals surface area contributed by atoms with Crippen molar-refractivity contribution >= 4 is 17.7 Å². The topological polar surface area (TPSA) is 108 Å². The number of nitrogens with zero attached hydrogens (tertiary/aromatic N) is 1. The van der Waals surface area contributed by atoms with Crippen LogP contribution in [0.15, 0.2) is 0 Å². The first-order valence-electron chi connectivity index (χ1n) is 10.7. The Bertz CT molecular complexity index is 613. The lowest BCUT2D eigenvalue weighted by Crippen LogP contribution is -2.55. The number of fused-ring (bicyclic) bond motifs is 1. The van der Waals surface area contributed by atoms with E-state index in [1.165, 1.54) is 4.90 Å². The van der Waals surface area contributed by atoms with Crippen molar-refractivity contribution in [1.82, 2.24) is 15.5 Å². The Labute approximate surface area is 166 Å². The molecule has 0 aromatic rings. The zero-order valence-electron chi connectivity index (χ0n) is 16.9. The number of aliphatic hydroxyl groups excluding tert-OH is 1. The molecule has 0 aliphatic carbocycles. The van der Waals surface area contributed by atoms with Gasteiger partial charge in [0.1, 0.15) is 11.6 Å². The zero-order valence-corrected chi connectivity index (χ0v) is 16.9. The van der Waals surface area contributed by atoms with E-state index in [1.807, 2.05) is 6.92 Å². The molecule has 2 bridgehead atoms. The Morgan fingerprint density at radius 3 is 2.61 bits per heavy atom. The summed E-state index contributed by atoms with van der Waals surface area (Å²) in [6.07, 6.45) is 4.70. The summed E-state index contributed by atoms with van der Waals surface area (Å²) >= 11 is 0. The van der Waals surface area contributed by atoms with Crippen LogP contribution in [-0.2, 0) is 19.1 Å². The Kier molecular flexibility index (Phi) is 6.60. The van der Waals surface area contributed by atoms with Crippen molar-refractivity contribution in [2.24, 2.45) is 11.8 Å². The van der Waals surface area contributed by atoms with E-state index in [4.69, 9.17) is 4.74 Å². The Hall–Kier alpha value is -1.67. The Morgan fingerprint density at radius 1 is 1.18 bits per heavy atom. The Balaban J connectivity index is 1.83. The van der Waals surface area contributed by atoms with Crippen LogP contribution in [0, 0.1) is 11.8 Å². The van der Waals surface area contributed by atoms with Gasteiger partial charge in [-0.2, -0.15) is 0 Å². The van der Waals surface area contributed by atoms with Gasteiger partial charge in [0, 0.05) is 19.6 Å². The van der Waals surface area contributed by atoms with Gasteiger partial charge in [-0.3, -0.25) is 14.4 Å². The molecule has 0 aromatic carbocycles. The summed E-state index contributed by atoms with van der Waals surface area (Å²) in [5.74, 6) is -1.87. The molecule has 3 N–H and O–H groups in total. The lowest BCUT2D eigenvalue weighted by atomic mass is 9.70. The molecule has 3 saturated heterocycles. The fourth-order valence-electron chi connectivity index (χ4n) is 5.15. The highest BCUT2D eigenvalue weighted by Crippen LogP contribution is 2.58. The van der Waals surface area contributed by atoms with Crippen molar-refractivity contribution in [2.75, 3.05) is 26.2 Å². The maximum atomic E-state index is 13.2. The summed E-state index contributed by atoms with van der Waals surface area (Å²) in [7, 11) is 0. The van der Waals surface area contributed by atoms with Crippen molar-refractivity contribution in [3.8, 4) is 0 Å². The predicted octanol–water partition coefficient (Wildman–Crippen LogP) is 0.186. The minimum absolute atomic E-state index is 0.0709. The van der Waals surface area contributed by atoms with Gasteiger partial charge < -0.3 is 25.4 Å². The van der Waals surface area contributed by atoms with Gasteiger partial charge in [-0.05, 0) is 25.7 Å². The number of likely N-dealkylation sites (tertiary alicyclic amines) is 1. The minimum atomic E-state index is -0.958. The molecule has 3 aliphatic rings. The number of rotatable bonds is 10. The van der Waals surface area contributed by atoms with Crippen LogP contribution in [0.2, 0.25) is 0 Å². The molecule has 8 nitrogen and oxygen atoms in total. The molecule has 0 radical (unpaired) electrons. The molecule has 3 amide bonds. The fourth-order valence-corrected chi connectivity index (χ4v) is 5.15. The number of carbonyl (C=O) groups is 3. The minimum Gasteiger partial charge on any atom is -0.395 e. The summed E-state index contributed by atoms with van der Waals surface area (Å²) in [6, 6.07) is -0.784. The van der Waals surface area contributed by atoms with Crippen LogP contribution in [0.1, 0.15) is 52.4 Å². The van der Waals surface area contributed by atoms with E-state index in [2.05, 4.69) is 17.6 Å². The second-order valence-electron chi connectivity index (χ2n) is 8.10. The van der Waals surface area contributed by atoms with E-state index < -0.39 is 23.5 Å². The first kappa shape index (κ1) is 21.0. The van der Waals surface area contributed by atoms with E-state index in [-0.39, 0.29) is 37.0 Å². The Morgan fingerprint density at radius 2 is 1.93 bits per heavy atom. The van der Waals surface area contributed by atoms with Gasteiger partial charge in [0.2, 0.25) is 17.7 Å². The molecular formula is C20H33N3O5. The molecule has 5 atom stereocenters. The third-order valence-corrected chi connectivity index (χ3v) is 6.32. The number of nitrogens with one attached hydrogen (secondary N) is 2. The number of carbonyl (C=O) groups excluding carboxylic acids is 3. The number of amides is 3. The quantitative estimate of drug-likeness (QED) is 0.458. The summed E-state index contributed by atoms with van der Waals surface area (Å²) in [6.45, 7) is 5.01. The van der Waals surface area contributed by atoms with Gasteiger partial charge in [0.15, 0.2) is 0 Å². The standard InChI is InChI=1S/C20H33N3O5/c1-3-5-6-10-22-18(26)16-20-8-7-13(28-20)14(17(25)21-9-4-2)15(20)19(27)23(16)11-12-24/h13-16,24H,3-12H2,1-2H3,(H,21,25)(H,22,26)/t13-,14+,15+,16?,20?/m1/s1. The van der Waals surface area contributed by atoms with E-state index in [1.54, 1.807) is 0 Å². The van der Waals surface area contributed by atoms with Crippen molar-refractivity contribution in [1.29, 1.82) is 0 Å². The molecule has 0 aromatic heterocycles. The van der Waals surface area contributed by atoms with Crippen LogP contribution in [-0.4, -0.2) is 71.7 Å². The predicted molar refractivity (Wildman–Crippen MR) is 102 cm³/mol. The molecule has 3 heterocycles. The van der Waals surface area contributed by atoms with Crippen molar-refractivity contribution in [3.63, 3.8) is 0 Å². The number of aliphatic hydroxyl groups is 1. The van der Waals surface area contributed by atoms with E-state index in [0.717, 1.165) is 25.7 Å². The maximum absolute atomic E-state index is 13.2. The number of β-amino-alcohol motifs (C(OH)–C–C–N with tert-alkyl or cyclic N) is 1. The van der Waals surface area contributed by atoms with Gasteiger partial charge in [0.25, 0.3) is 0 Å². The van der Waals surface area contributed by atoms with E-state index in [9.17, 15) is 19.5 Å². The normalized spacial score (nSPS) is 33.2. The number of unbranched alkanes of at least 4 members (excludes halogenated alkanes) is 2. The van der Waals surface area contributed by atoms with Crippen LogP contribution in [0.25, 0.3) is 0 Å². The molecule has 3 fully saturated rings. The van der Waals surface area contributed by atoms with Gasteiger partial charge in [-0.1, -0.05) is 26.7 Å². The average molecular weight is 396 g/mol. The molecule has 1 spiro atoms. The lowest BCUT2D eigenvalue weighted by Gasteiger charge is -2.33. The molecular weight excluding hydrogens is 362 g/mol. The number of ether oxygens (including phenoxy) is 1. The maximum Gasteiger partial charge on any atom is 0.245 e. The molecule has 158 valence electrons. The van der Waals surface area contributed by atoms with E-state index in [0.29, 0.717) is 25.9 Å². The molecule has 3 rings (SSSR count). The van der Waals surface area contributed by atoms with Crippen LogP contribution in [0.3, 0.4) is 0 Å². The molecule has 2 unspecified atom stereocenters. The van der Waals surface area contributed by atoms with Crippen LogP contribution in [0.4, 0.5) is 0 Å². The van der Waals surface area contributed by atoms with Crippen molar-refractivity contribution < 1.29 is 24.2 Å². The van der Waals surface area contributed by atoms with Crippen molar-refractivity contribution in [3.05, 3.63) is 0 Å². The average Bonchev–Trinajstić information content (AvgIpc) is 3.31. The van der Waals surface area contributed by atoms with Gasteiger partial charge in [-0.25, -0.2) is 0 Å². The molecule has 28 heavy (non-hydrogen) atoms. The lowest BCUT2D eigenvalue weighted by molar-refractivity contribution is -0.142. The third-order valence-electron chi connectivity index (χ3n) is 6.32. The third kappa shape index (κ3) is 3.41. The van der Waals surface area contributed by atoms with Crippen LogP contribution >= 0.6 is 0 Å². The van der Waals surface area contributed by atoms with Gasteiger partial charge >= 0.3 is 0 Å². The first-order valence-corrected chi connectivity index (χ1v) is 10.7. The smallest absolute Gasteiger partial charge is 0.245 e. The number of hydrogen-bond donors (Lipinski definition) is 3. The fraction of sp³-hybridized carbons (Fsp3) is 0.850.